The van der Waals surface area contributed by atoms with Gasteiger partial charge < -0.3 is 9.57 Å². The zero-order chi connectivity index (χ0) is 22.9. The zero-order valence-corrected chi connectivity index (χ0v) is 18.9. The van der Waals surface area contributed by atoms with Crippen LogP contribution in [0.15, 0.2) is 60.1 Å². The van der Waals surface area contributed by atoms with Gasteiger partial charge in [-0.15, -0.1) is 5.10 Å². The van der Waals surface area contributed by atoms with Crippen molar-refractivity contribution in [3.05, 3.63) is 77.6 Å². The summed E-state index contributed by atoms with van der Waals surface area (Å²) in [6.45, 7) is 6.15. The second-order valence-corrected chi connectivity index (χ2v) is 7.65. The second kappa shape index (κ2) is 8.34. The van der Waals surface area contributed by atoms with Crippen LogP contribution in [0.3, 0.4) is 0 Å². The standard InChI is InChI=1S/C24H23N7O2/c1-15-17(3)31(21-7-5-6-12-25-21)23-22(15)24-27-20(28-30(24)14-26-23)13-33-29-16(2)18-8-10-19(32-4)11-9-18/h5-12,14H,13H2,1-4H3/b29-16-. The van der Waals surface area contributed by atoms with Crippen LogP contribution in [0.25, 0.3) is 22.5 Å². The van der Waals surface area contributed by atoms with Crippen LogP contribution in [-0.2, 0) is 11.4 Å². The van der Waals surface area contributed by atoms with Crippen molar-refractivity contribution in [3.63, 3.8) is 0 Å². The summed E-state index contributed by atoms with van der Waals surface area (Å²) in [5.41, 5.74) is 5.37. The molecule has 9 nitrogen and oxygen atoms in total. The van der Waals surface area contributed by atoms with E-state index < -0.39 is 0 Å². The van der Waals surface area contributed by atoms with Gasteiger partial charge in [0.15, 0.2) is 23.7 Å². The molecule has 0 amide bonds. The number of pyridine rings is 1. The molecular formula is C24H23N7O2. The summed E-state index contributed by atoms with van der Waals surface area (Å²) >= 11 is 0. The number of nitrogens with zero attached hydrogens (tertiary/aromatic N) is 7. The maximum Gasteiger partial charge on any atom is 0.192 e. The van der Waals surface area contributed by atoms with Gasteiger partial charge in [0.1, 0.15) is 17.9 Å². The van der Waals surface area contributed by atoms with Crippen LogP contribution in [0, 0.1) is 13.8 Å². The zero-order valence-electron chi connectivity index (χ0n) is 18.9. The summed E-state index contributed by atoms with van der Waals surface area (Å²) in [4.78, 5) is 19.4. The fourth-order valence-electron chi connectivity index (χ4n) is 3.80. The third-order valence-electron chi connectivity index (χ3n) is 5.66. The van der Waals surface area contributed by atoms with Gasteiger partial charge in [-0.25, -0.2) is 19.5 Å². The molecule has 0 radical (unpaired) electrons. The maximum absolute atomic E-state index is 5.55. The molecule has 5 rings (SSSR count). The molecule has 0 atom stereocenters. The number of rotatable bonds is 6. The van der Waals surface area contributed by atoms with Crippen LogP contribution in [0.2, 0.25) is 0 Å². The number of hydrogen-bond acceptors (Lipinski definition) is 7. The molecule has 166 valence electrons. The second-order valence-electron chi connectivity index (χ2n) is 7.65. The summed E-state index contributed by atoms with van der Waals surface area (Å²) in [5, 5.41) is 9.67. The van der Waals surface area contributed by atoms with Gasteiger partial charge in [0.05, 0.1) is 18.2 Å². The van der Waals surface area contributed by atoms with Crippen LogP contribution < -0.4 is 4.74 Å². The normalized spacial score (nSPS) is 11.9. The third kappa shape index (κ3) is 3.67. The summed E-state index contributed by atoms with van der Waals surface area (Å²) in [5.74, 6) is 2.14. The molecule has 0 aliphatic heterocycles. The molecule has 0 bridgehead atoms. The number of fused-ring (bicyclic) bond motifs is 3. The van der Waals surface area contributed by atoms with E-state index in [9.17, 15) is 0 Å². The minimum atomic E-state index is 0.148. The van der Waals surface area contributed by atoms with Crippen molar-refractivity contribution in [3.8, 4) is 11.6 Å². The molecule has 1 aromatic carbocycles. The lowest BCUT2D eigenvalue weighted by atomic mass is 10.1. The van der Waals surface area contributed by atoms with Gasteiger partial charge in [0.25, 0.3) is 0 Å². The van der Waals surface area contributed by atoms with Crippen LogP contribution in [-0.4, -0.2) is 42.0 Å². The van der Waals surface area contributed by atoms with E-state index in [4.69, 9.17) is 14.6 Å². The van der Waals surface area contributed by atoms with Gasteiger partial charge in [-0.3, -0.25) is 4.57 Å². The van der Waals surface area contributed by atoms with Crippen molar-refractivity contribution in [1.82, 2.24) is 29.1 Å². The van der Waals surface area contributed by atoms with E-state index in [0.717, 1.165) is 50.8 Å². The average molecular weight is 441 g/mol. The molecule has 0 unspecified atom stereocenters. The van der Waals surface area contributed by atoms with E-state index in [1.165, 1.54) is 0 Å². The van der Waals surface area contributed by atoms with Crippen LogP contribution in [0.1, 0.15) is 29.6 Å². The Labute approximate surface area is 190 Å². The average Bonchev–Trinajstić information content (AvgIpc) is 3.37. The molecule has 0 aliphatic rings. The van der Waals surface area contributed by atoms with Gasteiger partial charge >= 0.3 is 0 Å². The monoisotopic (exact) mass is 441 g/mol. The molecule has 9 heteroatoms. The highest BCUT2D eigenvalue weighted by molar-refractivity contribution is 5.98. The van der Waals surface area contributed by atoms with Crippen LogP contribution in [0.5, 0.6) is 5.75 Å². The Bertz CT molecular complexity index is 1470. The smallest absolute Gasteiger partial charge is 0.192 e. The lowest BCUT2D eigenvalue weighted by Crippen LogP contribution is -2.01. The third-order valence-corrected chi connectivity index (χ3v) is 5.66. The summed E-state index contributed by atoms with van der Waals surface area (Å²) in [6, 6.07) is 13.5. The van der Waals surface area contributed by atoms with E-state index in [2.05, 4.69) is 34.1 Å². The number of ether oxygens (including phenoxy) is 1. The number of aromatic nitrogens is 6. The van der Waals surface area contributed by atoms with Crippen molar-refractivity contribution in [2.45, 2.75) is 27.4 Å². The Morgan fingerprint density at radius 1 is 1.03 bits per heavy atom. The first kappa shape index (κ1) is 20.6. The van der Waals surface area contributed by atoms with Crippen molar-refractivity contribution in [2.24, 2.45) is 5.16 Å². The number of methoxy groups -OCH3 is 1. The van der Waals surface area contributed by atoms with Crippen molar-refractivity contribution in [1.29, 1.82) is 0 Å². The lowest BCUT2D eigenvalue weighted by molar-refractivity contribution is 0.125. The predicted octanol–water partition coefficient (Wildman–Crippen LogP) is 4.03. The number of hydrogen-bond donors (Lipinski definition) is 0. The fraction of sp³-hybridized carbons (Fsp3) is 0.208. The quantitative estimate of drug-likeness (QED) is 0.292. The van der Waals surface area contributed by atoms with E-state index in [-0.39, 0.29) is 6.61 Å². The molecule has 4 heterocycles. The Morgan fingerprint density at radius 3 is 2.58 bits per heavy atom. The molecule has 0 saturated heterocycles. The summed E-state index contributed by atoms with van der Waals surface area (Å²) < 4.78 is 8.91. The van der Waals surface area contributed by atoms with Gasteiger partial charge in [-0.05, 0) is 68.3 Å². The first-order valence-electron chi connectivity index (χ1n) is 10.5. The lowest BCUT2D eigenvalue weighted by Gasteiger charge is -2.05. The molecule has 33 heavy (non-hydrogen) atoms. The highest BCUT2D eigenvalue weighted by Gasteiger charge is 2.19. The van der Waals surface area contributed by atoms with Crippen molar-refractivity contribution in [2.75, 3.05) is 7.11 Å². The Hall–Kier alpha value is -4.27. The predicted molar refractivity (Wildman–Crippen MR) is 125 cm³/mol. The topological polar surface area (TPSA) is 91.7 Å². The van der Waals surface area contributed by atoms with E-state index in [1.54, 1.807) is 24.1 Å². The molecular weight excluding hydrogens is 418 g/mol. The van der Waals surface area contributed by atoms with E-state index in [0.29, 0.717) is 5.82 Å². The van der Waals surface area contributed by atoms with E-state index >= 15 is 0 Å². The largest absolute Gasteiger partial charge is 0.497 e. The fourth-order valence-corrected chi connectivity index (χ4v) is 3.80. The van der Waals surface area contributed by atoms with Gasteiger partial charge in [0, 0.05) is 11.9 Å². The number of oxime groups is 1. The summed E-state index contributed by atoms with van der Waals surface area (Å²) in [6.07, 6.45) is 3.44. The van der Waals surface area contributed by atoms with E-state index in [1.807, 2.05) is 54.0 Å². The Morgan fingerprint density at radius 2 is 1.85 bits per heavy atom. The summed E-state index contributed by atoms with van der Waals surface area (Å²) in [7, 11) is 1.64. The maximum atomic E-state index is 5.55. The molecule has 0 N–H and O–H groups in total. The van der Waals surface area contributed by atoms with Gasteiger partial charge in [0.2, 0.25) is 0 Å². The van der Waals surface area contributed by atoms with Crippen molar-refractivity contribution < 1.29 is 9.57 Å². The minimum absolute atomic E-state index is 0.148. The SMILES string of the molecule is COc1ccc(/C(C)=N\OCc2nc3c4c(C)c(C)n(-c5ccccn5)c4ncn3n2)cc1. The highest BCUT2D eigenvalue weighted by Crippen LogP contribution is 2.29. The molecule has 0 fully saturated rings. The Kier molecular flexibility index (Phi) is 5.21. The molecule has 0 aliphatic carbocycles. The minimum Gasteiger partial charge on any atom is -0.497 e. The molecule has 0 spiro atoms. The van der Waals surface area contributed by atoms with Crippen LogP contribution >= 0.6 is 0 Å². The van der Waals surface area contributed by atoms with Gasteiger partial charge in [-0.1, -0.05) is 11.2 Å². The first-order chi connectivity index (χ1) is 16.1. The number of benzene rings is 1. The van der Waals surface area contributed by atoms with Gasteiger partial charge in [-0.2, -0.15) is 0 Å². The van der Waals surface area contributed by atoms with Crippen LogP contribution in [0.4, 0.5) is 0 Å². The van der Waals surface area contributed by atoms with Crippen molar-refractivity contribution >= 4 is 22.4 Å². The first-order valence-corrected chi connectivity index (χ1v) is 10.5. The molecule has 5 aromatic rings. The number of aryl methyl sites for hydroxylation is 1. The molecule has 4 aromatic heterocycles. The molecule has 0 saturated carbocycles. The Balaban J connectivity index is 1.44. The highest BCUT2D eigenvalue weighted by atomic mass is 16.6.